The Kier molecular flexibility index (Phi) is 7.44. The van der Waals surface area contributed by atoms with Gasteiger partial charge >= 0.3 is 0 Å². The Morgan fingerprint density at radius 2 is 2.27 bits per heavy atom. The zero-order valence-electron chi connectivity index (χ0n) is 9.65. The lowest BCUT2D eigenvalue weighted by molar-refractivity contribution is 0.0648. The number of methoxy groups -OCH3 is 1. The molecule has 0 aromatic heterocycles. The molecule has 1 fully saturated rings. The van der Waals surface area contributed by atoms with E-state index >= 15 is 0 Å². The second-order valence-electron chi connectivity index (χ2n) is 4.10. The quantitative estimate of drug-likeness (QED) is 0.529. The van der Waals surface area contributed by atoms with Crippen molar-refractivity contribution in [3.63, 3.8) is 0 Å². The molecule has 0 saturated carbocycles. The third kappa shape index (κ3) is 5.76. The summed E-state index contributed by atoms with van der Waals surface area (Å²) < 4.78 is 10.6. The molecule has 4 heteroatoms. The third-order valence-electron chi connectivity index (χ3n) is 2.79. The number of nitrogens with zero attached hydrogens (tertiary/aromatic N) is 1. The van der Waals surface area contributed by atoms with Gasteiger partial charge in [-0.15, -0.1) is 0 Å². The van der Waals surface area contributed by atoms with E-state index in [2.05, 4.69) is 17.5 Å². The van der Waals surface area contributed by atoms with E-state index in [1.165, 1.54) is 19.4 Å². The third-order valence-corrected chi connectivity index (χ3v) is 2.98. The number of rotatable bonds is 7. The summed E-state index contributed by atoms with van der Waals surface area (Å²) in [6, 6.07) is 0. The fourth-order valence-electron chi connectivity index (χ4n) is 2.09. The predicted octanol–water partition coefficient (Wildman–Crippen LogP) is 1.29. The molecule has 90 valence electrons. The Balaban J connectivity index is 2.07. The average Bonchev–Trinajstić information content (AvgIpc) is 2.26. The van der Waals surface area contributed by atoms with Crippen molar-refractivity contribution in [3.8, 4) is 0 Å². The van der Waals surface area contributed by atoms with Crippen LogP contribution in [0.15, 0.2) is 0 Å². The van der Waals surface area contributed by atoms with Crippen molar-refractivity contribution < 1.29 is 9.47 Å². The van der Waals surface area contributed by atoms with E-state index in [1.807, 2.05) is 0 Å². The lowest BCUT2D eigenvalue weighted by Crippen LogP contribution is -2.39. The van der Waals surface area contributed by atoms with Crippen LogP contribution in [0.2, 0.25) is 0 Å². The van der Waals surface area contributed by atoms with Gasteiger partial charge in [-0.05, 0) is 25.3 Å². The normalized spacial score (nSPS) is 23.2. The van der Waals surface area contributed by atoms with Gasteiger partial charge < -0.3 is 14.4 Å². The number of hydrogen-bond donors (Lipinski definition) is 1. The highest BCUT2D eigenvalue weighted by Crippen LogP contribution is 2.15. The van der Waals surface area contributed by atoms with E-state index in [0.717, 1.165) is 38.7 Å². The van der Waals surface area contributed by atoms with Crippen molar-refractivity contribution in [3.05, 3.63) is 0 Å². The molecule has 1 aliphatic rings. The summed E-state index contributed by atoms with van der Waals surface area (Å²) in [5, 5.41) is 0. The molecular weight excluding hydrogens is 210 g/mol. The monoisotopic (exact) mass is 233 g/mol. The summed E-state index contributed by atoms with van der Waals surface area (Å²) in [4.78, 5) is 2.48. The molecule has 0 bridgehead atoms. The lowest BCUT2D eigenvalue weighted by Gasteiger charge is -2.32. The Morgan fingerprint density at radius 1 is 1.40 bits per heavy atom. The fraction of sp³-hybridized carbons (Fsp3) is 1.00. The molecule has 15 heavy (non-hydrogen) atoms. The first-order chi connectivity index (χ1) is 7.36. The molecular formula is C11H23NO2S. The van der Waals surface area contributed by atoms with Crippen LogP contribution in [0.1, 0.15) is 12.8 Å². The molecule has 0 radical (unpaired) electrons. The molecule has 0 aromatic rings. The second-order valence-corrected chi connectivity index (χ2v) is 4.55. The van der Waals surface area contributed by atoms with E-state index in [9.17, 15) is 0 Å². The van der Waals surface area contributed by atoms with Gasteiger partial charge in [0, 0.05) is 26.0 Å². The maximum absolute atomic E-state index is 5.43. The molecule has 0 spiro atoms. The fourth-order valence-corrected chi connectivity index (χ4v) is 2.22. The Bertz CT molecular complexity index is 156. The summed E-state index contributed by atoms with van der Waals surface area (Å²) in [6.07, 6.45) is 2.60. The number of hydrogen-bond acceptors (Lipinski definition) is 4. The number of ether oxygens (including phenoxy) is 2. The van der Waals surface area contributed by atoms with Crippen molar-refractivity contribution in [1.29, 1.82) is 0 Å². The molecule has 0 N–H and O–H groups in total. The van der Waals surface area contributed by atoms with E-state index in [4.69, 9.17) is 9.47 Å². The van der Waals surface area contributed by atoms with Gasteiger partial charge in [0.1, 0.15) is 0 Å². The zero-order valence-corrected chi connectivity index (χ0v) is 10.5. The van der Waals surface area contributed by atoms with Crippen LogP contribution >= 0.6 is 12.6 Å². The largest absolute Gasteiger partial charge is 0.384 e. The molecule has 1 saturated heterocycles. The molecule has 1 rings (SSSR count). The maximum atomic E-state index is 5.43. The number of likely N-dealkylation sites (tertiary alicyclic amines) is 1. The highest BCUT2D eigenvalue weighted by molar-refractivity contribution is 7.80. The van der Waals surface area contributed by atoms with Gasteiger partial charge in [-0.3, -0.25) is 0 Å². The number of piperidine rings is 1. The topological polar surface area (TPSA) is 21.7 Å². The van der Waals surface area contributed by atoms with Gasteiger partial charge in [-0.2, -0.15) is 12.6 Å². The first kappa shape index (κ1) is 13.3. The minimum Gasteiger partial charge on any atom is -0.384 e. The smallest absolute Gasteiger partial charge is 0.0593 e. The van der Waals surface area contributed by atoms with Crippen molar-refractivity contribution in [2.75, 3.05) is 52.3 Å². The zero-order chi connectivity index (χ0) is 10.9. The molecule has 1 heterocycles. The van der Waals surface area contributed by atoms with Crippen LogP contribution in [0.3, 0.4) is 0 Å². The van der Waals surface area contributed by atoms with E-state index < -0.39 is 0 Å². The standard InChI is InChI=1S/C11H23NO2S/c1-13-10-11-3-2-4-12(9-11)5-6-14-7-8-15/h11,15H,2-10H2,1H3. The van der Waals surface area contributed by atoms with Crippen LogP contribution < -0.4 is 0 Å². The molecule has 1 unspecified atom stereocenters. The van der Waals surface area contributed by atoms with Crippen LogP contribution in [0, 0.1) is 5.92 Å². The molecule has 0 aromatic carbocycles. The minimum atomic E-state index is 0.716. The highest BCUT2D eigenvalue weighted by Gasteiger charge is 2.18. The summed E-state index contributed by atoms with van der Waals surface area (Å²) in [5.41, 5.74) is 0. The van der Waals surface area contributed by atoms with Crippen molar-refractivity contribution in [2.24, 2.45) is 5.92 Å². The summed E-state index contributed by atoms with van der Waals surface area (Å²) >= 11 is 4.11. The molecule has 0 aliphatic carbocycles. The van der Waals surface area contributed by atoms with Crippen LogP contribution in [-0.4, -0.2) is 57.2 Å². The summed E-state index contributed by atoms with van der Waals surface area (Å²) in [5.74, 6) is 1.53. The van der Waals surface area contributed by atoms with E-state index in [0.29, 0.717) is 5.92 Å². The lowest BCUT2D eigenvalue weighted by atomic mass is 9.99. The summed E-state index contributed by atoms with van der Waals surface area (Å²) in [7, 11) is 1.79. The first-order valence-corrected chi connectivity index (χ1v) is 6.40. The molecule has 0 amide bonds. The van der Waals surface area contributed by atoms with Crippen LogP contribution in [-0.2, 0) is 9.47 Å². The van der Waals surface area contributed by atoms with Crippen LogP contribution in [0.5, 0.6) is 0 Å². The van der Waals surface area contributed by atoms with Crippen LogP contribution in [0.25, 0.3) is 0 Å². The Hall–Kier alpha value is 0.230. The van der Waals surface area contributed by atoms with Gasteiger partial charge in [0.2, 0.25) is 0 Å². The van der Waals surface area contributed by atoms with Gasteiger partial charge in [-0.25, -0.2) is 0 Å². The highest BCUT2D eigenvalue weighted by atomic mass is 32.1. The number of thiol groups is 1. The van der Waals surface area contributed by atoms with Crippen molar-refractivity contribution >= 4 is 12.6 Å². The average molecular weight is 233 g/mol. The van der Waals surface area contributed by atoms with Gasteiger partial charge in [0.25, 0.3) is 0 Å². The Morgan fingerprint density at radius 3 is 3.00 bits per heavy atom. The second kappa shape index (κ2) is 8.39. The van der Waals surface area contributed by atoms with E-state index in [-0.39, 0.29) is 0 Å². The molecule has 3 nitrogen and oxygen atoms in total. The van der Waals surface area contributed by atoms with Crippen LogP contribution in [0.4, 0.5) is 0 Å². The van der Waals surface area contributed by atoms with Crippen molar-refractivity contribution in [1.82, 2.24) is 4.90 Å². The maximum Gasteiger partial charge on any atom is 0.0593 e. The van der Waals surface area contributed by atoms with Gasteiger partial charge in [0.15, 0.2) is 0 Å². The SMILES string of the molecule is COCC1CCCN(CCOCCS)C1. The molecule has 1 aliphatic heterocycles. The first-order valence-electron chi connectivity index (χ1n) is 5.76. The van der Waals surface area contributed by atoms with Crippen molar-refractivity contribution in [2.45, 2.75) is 12.8 Å². The minimum absolute atomic E-state index is 0.716. The Labute approximate surface area is 98.5 Å². The van der Waals surface area contributed by atoms with E-state index in [1.54, 1.807) is 7.11 Å². The van der Waals surface area contributed by atoms with Gasteiger partial charge in [0.05, 0.1) is 19.8 Å². The van der Waals surface area contributed by atoms with Gasteiger partial charge in [-0.1, -0.05) is 0 Å². The summed E-state index contributed by atoms with van der Waals surface area (Å²) in [6.45, 7) is 5.92. The molecule has 1 atom stereocenters. The predicted molar refractivity (Wildman–Crippen MR) is 65.7 cm³/mol.